The Morgan fingerprint density at radius 1 is 1.25 bits per heavy atom. The third kappa shape index (κ3) is 2.58. The number of hydrogen-bond acceptors (Lipinski definition) is 2. The van der Waals surface area contributed by atoms with Crippen LogP contribution < -0.4 is 5.73 Å². The van der Waals surface area contributed by atoms with E-state index in [1.165, 1.54) is 0 Å². The predicted molar refractivity (Wildman–Crippen MR) is 61.5 cm³/mol. The topological polar surface area (TPSA) is 43.1 Å². The van der Waals surface area contributed by atoms with Gasteiger partial charge in [0.2, 0.25) is 0 Å². The Kier molecular flexibility index (Phi) is 4.41. The summed E-state index contributed by atoms with van der Waals surface area (Å²) in [6.45, 7) is 3.69. The van der Waals surface area contributed by atoms with Crippen LogP contribution in [0.4, 0.5) is 14.5 Å². The fourth-order valence-electron chi connectivity index (χ4n) is 1.53. The summed E-state index contributed by atoms with van der Waals surface area (Å²) < 4.78 is 38.9. The molecule has 2 nitrogen and oxygen atoms in total. The van der Waals surface area contributed by atoms with Gasteiger partial charge in [0.15, 0.2) is 0 Å². The highest BCUT2D eigenvalue weighted by atomic mass is 32.2. The lowest BCUT2D eigenvalue weighted by Gasteiger charge is -2.13. The standard InChI is InChI=1S/C11H15F2NOS/c1-3-8(4-2)16(15)11-9(12)5-7(14)6-10(11)13/h5-6,8H,3-4,14H2,1-2H3. The van der Waals surface area contributed by atoms with Crippen molar-refractivity contribution in [3.05, 3.63) is 23.8 Å². The van der Waals surface area contributed by atoms with Gasteiger partial charge in [-0.15, -0.1) is 0 Å². The lowest BCUT2D eigenvalue weighted by Crippen LogP contribution is -2.15. The normalized spacial score (nSPS) is 13.1. The zero-order valence-corrected chi connectivity index (χ0v) is 10.1. The highest BCUT2D eigenvalue weighted by Crippen LogP contribution is 2.24. The van der Waals surface area contributed by atoms with Crippen LogP contribution in [0.5, 0.6) is 0 Å². The van der Waals surface area contributed by atoms with E-state index in [9.17, 15) is 13.0 Å². The maximum absolute atomic E-state index is 13.5. The molecular formula is C11H15F2NOS. The summed E-state index contributed by atoms with van der Waals surface area (Å²) >= 11 is 0. The Morgan fingerprint density at radius 3 is 2.06 bits per heavy atom. The number of benzene rings is 1. The maximum atomic E-state index is 13.5. The SMILES string of the molecule is CCC(CC)S(=O)c1c(F)cc(N)cc1F. The second-order valence-electron chi connectivity index (χ2n) is 3.55. The van der Waals surface area contributed by atoms with Gasteiger partial charge in [0.05, 0.1) is 10.8 Å². The molecule has 1 rings (SSSR count). The molecule has 0 aliphatic carbocycles. The molecule has 1 atom stereocenters. The average molecular weight is 247 g/mol. The van der Waals surface area contributed by atoms with Crippen molar-refractivity contribution in [3.63, 3.8) is 0 Å². The fourth-order valence-corrected chi connectivity index (χ4v) is 2.97. The third-order valence-corrected chi connectivity index (χ3v) is 4.50. The summed E-state index contributed by atoms with van der Waals surface area (Å²) in [7, 11) is -1.66. The summed E-state index contributed by atoms with van der Waals surface area (Å²) in [5, 5.41) is -0.229. The molecule has 0 saturated heterocycles. The van der Waals surface area contributed by atoms with E-state index < -0.39 is 22.4 Å². The predicted octanol–water partition coefficient (Wildman–Crippen LogP) is 2.84. The first-order valence-corrected chi connectivity index (χ1v) is 6.37. The molecule has 0 heterocycles. The smallest absolute Gasteiger partial charge is 0.144 e. The Bertz CT molecular complexity index is 382. The molecule has 16 heavy (non-hydrogen) atoms. The van der Waals surface area contributed by atoms with Crippen LogP contribution in [-0.2, 0) is 10.8 Å². The molecule has 0 aliphatic rings. The molecule has 2 N–H and O–H groups in total. The first kappa shape index (κ1) is 13.1. The summed E-state index contributed by atoms with van der Waals surface area (Å²) in [5.41, 5.74) is 5.29. The average Bonchev–Trinajstić information content (AvgIpc) is 2.17. The second-order valence-corrected chi connectivity index (χ2v) is 5.22. The van der Waals surface area contributed by atoms with Crippen LogP contribution in [0.15, 0.2) is 17.0 Å². The van der Waals surface area contributed by atoms with E-state index in [4.69, 9.17) is 5.73 Å². The largest absolute Gasteiger partial charge is 0.399 e. The molecule has 1 unspecified atom stereocenters. The van der Waals surface area contributed by atoms with E-state index >= 15 is 0 Å². The van der Waals surface area contributed by atoms with E-state index in [-0.39, 0.29) is 15.8 Å². The van der Waals surface area contributed by atoms with Crippen molar-refractivity contribution in [1.82, 2.24) is 0 Å². The van der Waals surface area contributed by atoms with Crippen molar-refractivity contribution in [1.29, 1.82) is 0 Å². The summed E-state index contributed by atoms with van der Waals surface area (Å²) in [6, 6.07) is 2.00. The highest BCUT2D eigenvalue weighted by Gasteiger charge is 2.22. The number of nitrogens with two attached hydrogens (primary N) is 1. The molecule has 0 spiro atoms. The van der Waals surface area contributed by atoms with Crippen LogP contribution in [-0.4, -0.2) is 9.46 Å². The molecule has 0 aromatic heterocycles. The van der Waals surface area contributed by atoms with Crippen molar-refractivity contribution in [3.8, 4) is 0 Å². The van der Waals surface area contributed by atoms with Crippen molar-refractivity contribution in [2.24, 2.45) is 0 Å². The molecular weight excluding hydrogens is 232 g/mol. The monoisotopic (exact) mass is 247 g/mol. The number of rotatable bonds is 4. The Hall–Kier alpha value is -0.970. The van der Waals surface area contributed by atoms with Crippen LogP contribution in [0.3, 0.4) is 0 Å². The van der Waals surface area contributed by atoms with Gasteiger partial charge in [0.1, 0.15) is 16.5 Å². The van der Waals surface area contributed by atoms with Gasteiger partial charge in [-0.2, -0.15) is 0 Å². The Morgan fingerprint density at radius 2 is 1.69 bits per heavy atom. The zero-order valence-electron chi connectivity index (χ0n) is 9.30. The van der Waals surface area contributed by atoms with E-state index in [2.05, 4.69) is 0 Å². The molecule has 1 aromatic rings. The molecule has 0 fully saturated rings. The van der Waals surface area contributed by atoms with E-state index in [0.717, 1.165) is 12.1 Å². The van der Waals surface area contributed by atoms with Crippen LogP contribution >= 0.6 is 0 Å². The van der Waals surface area contributed by atoms with Crippen LogP contribution in [0.1, 0.15) is 26.7 Å². The Balaban J connectivity index is 3.18. The van der Waals surface area contributed by atoms with Gasteiger partial charge in [0, 0.05) is 10.9 Å². The van der Waals surface area contributed by atoms with Crippen molar-refractivity contribution in [2.45, 2.75) is 36.8 Å². The van der Waals surface area contributed by atoms with E-state index in [0.29, 0.717) is 12.8 Å². The summed E-state index contributed by atoms with van der Waals surface area (Å²) in [4.78, 5) is -0.358. The van der Waals surface area contributed by atoms with Gasteiger partial charge in [-0.25, -0.2) is 8.78 Å². The molecule has 0 amide bonds. The van der Waals surface area contributed by atoms with Crippen molar-refractivity contribution >= 4 is 16.5 Å². The van der Waals surface area contributed by atoms with Gasteiger partial charge in [-0.3, -0.25) is 4.21 Å². The van der Waals surface area contributed by atoms with Gasteiger partial charge in [0.25, 0.3) is 0 Å². The maximum Gasteiger partial charge on any atom is 0.144 e. The first-order chi connectivity index (χ1) is 7.51. The quantitative estimate of drug-likeness (QED) is 0.831. The van der Waals surface area contributed by atoms with Gasteiger partial charge in [-0.05, 0) is 25.0 Å². The van der Waals surface area contributed by atoms with Crippen molar-refractivity contribution in [2.75, 3.05) is 5.73 Å². The van der Waals surface area contributed by atoms with Gasteiger partial charge in [-0.1, -0.05) is 13.8 Å². The molecule has 0 aliphatic heterocycles. The minimum Gasteiger partial charge on any atom is -0.399 e. The van der Waals surface area contributed by atoms with Crippen LogP contribution in [0.2, 0.25) is 0 Å². The molecule has 5 heteroatoms. The number of nitrogen functional groups attached to an aromatic ring is 1. The number of halogens is 2. The number of hydrogen-bond donors (Lipinski definition) is 1. The second kappa shape index (κ2) is 5.39. The summed E-state index contributed by atoms with van der Waals surface area (Å²) in [5.74, 6) is -1.66. The Labute approximate surface area is 96.3 Å². The molecule has 1 aromatic carbocycles. The fraction of sp³-hybridized carbons (Fsp3) is 0.455. The minimum absolute atomic E-state index is 0.000275. The first-order valence-electron chi connectivity index (χ1n) is 5.16. The lowest BCUT2D eigenvalue weighted by molar-refractivity contribution is 0.532. The highest BCUT2D eigenvalue weighted by molar-refractivity contribution is 7.85. The molecule has 0 bridgehead atoms. The van der Waals surface area contributed by atoms with E-state index in [1.807, 2.05) is 13.8 Å². The lowest BCUT2D eigenvalue weighted by atomic mass is 10.3. The van der Waals surface area contributed by atoms with Gasteiger partial charge >= 0.3 is 0 Å². The molecule has 0 saturated carbocycles. The van der Waals surface area contributed by atoms with Crippen molar-refractivity contribution < 1.29 is 13.0 Å². The minimum atomic E-state index is -1.66. The van der Waals surface area contributed by atoms with E-state index in [1.54, 1.807) is 0 Å². The van der Waals surface area contributed by atoms with Crippen LogP contribution in [0, 0.1) is 11.6 Å². The summed E-state index contributed by atoms with van der Waals surface area (Å²) in [6.07, 6.45) is 1.23. The third-order valence-electron chi connectivity index (χ3n) is 2.44. The number of anilines is 1. The van der Waals surface area contributed by atoms with Crippen LogP contribution in [0.25, 0.3) is 0 Å². The zero-order chi connectivity index (χ0) is 12.3. The molecule has 90 valence electrons. The molecule has 0 radical (unpaired) electrons. The van der Waals surface area contributed by atoms with Gasteiger partial charge < -0.3 is 5.73 Å².